The van der Waals surface area contributed by atoms with Crippen LogP contribution < -0.4 is 9.64 Å². The fourth-order valence-electron chi connectivity index (χ4n) is 3.78. The quantitative estimate of drug-likeness (QED) is 0.507. The number of halogens is 3. The highest BCUT2D eigenvalue weighted by molar-refractivity contribution is 5.85. The van der Waals surface area contributed by atoms with Crippen molar-refractivity contribution in [3.8, 4) is 5.75 Å². The van der Waals surface area contributed by atoms with Gasteiger partial charge < -0.3 is 19.3 Å². The standard InChI is InChI=1S/C21H22F3N5O4/c1-2-4-13-15(6-5-14-18(13)33-27-19(14)21(22,23)24)32-10-3-9-28-17(30)12-29(20(28)31)16-11-25-7-8-26-16/h5-8,11,20,31H,2-4,9-10,12H2,1H3. The second-order valence-corrected chi connectivity index (χ2v) is 7.52. The Bertz CT molecular complexity index is 1120. The Morgan fingerprint density at radius 1 is 1.30 bits per heavy atom. The number of benzene rings is 1. The molecular formula is C21H22F3N5O4. The minimum absolute atomic E-state index is 0.0228. The van der Waals surface area contributed by atoms with Crippen molar-refractivity contribution in [1.82, 2.24) is 20.0 Å². The molecule has 9 nitrogen and oxygen atoms in total. The molecule has 2 aromatic heterocycles. The monoisotopic (exact) mass is 465 g/mol. The third kappa shape index (κ3) is 4.56. The fraction of sp³-hybridized carbons (Fsp3) is 0.429. The topological polar surface area (TPSA) is 105 Å². The third-order valence-electron chi connectivity index (χ3n) is 5.30. The number of aliphatic hydroxyl groups excluding tert-OH is 1. The van der Waals surface area contributed by atoms with Crippen molar-refractivity contribution in [3.05, 3.63) is 42.0 Å². The van der Waals surface area contributed by atoms with E-state index in [4.69, 9.17) is 9.26 Å². The number of anilines is 1. The molecule has 1 saturated heterocycles. The summed E-state index contributed by atoms with van der Waals surface area (Å²) in [5, 5.41) is 13.6. The van der Waals surface area contributed by atoms with Crippen LogP contribution in [0.4, 0.5) is 19.0 Å². The predicted molar refractivity (Wildman–Crippen MR) is 110 cm³/mol. The fourth-order valence-corrected chi connectivity index (χ4v) is 3.78. The van der Waals surface area contributed by atoms with Gasteiger partial charge in [-0.3, -0.25) is 14.7 Å². The summed E-state index contributed by atoms with van der Waals surface area (Å²) in [6.07, 6.45) is 0.165. The summed E-state index contributed by atoms with van der Waals surface area (Å²) >= 11 is 0. The van der Waals surface area contributed by atoms with Gasteiger partial charge in [-0.2, -0.15) is 13.2 Å². The molecule has 176 valence electrons. The van der Waals surface area contributed by atoms with Crippen LogP contribution in [0.25, 0.3) is 11.0 Å². The van der Waals surface area contributed by atoms with Crippen LogP contribution in [0.15, 0.2) is 35.2 Å². The summed E-state index contributed by atoms with van der Waals surface area (Å²) in [6, 6.07) is 2.76. The highest BCUT2D eigenvalue weighted by Gasteiger charge is 2.38. The first-order valence-corrected chi connectivity index (χ1v) is 10.4. The van der Waals surface area contributed by atoms with Crippen molar-refractivity contribution in [2.45, 2.75) is 38.7 Å². The molecule has 0 bridgehead atoms. The lowest BCUT2D eigenvalue weighted by Crippen LogP contribution is -2.40. The van der Waals surface area contributed by atoms with E-state index in [1.807, 2.05) is 6.92 Å². The van der Waals surface area contributed by atoms with Crippen LogP contribution in [0.5, 0.6) is 5.75 Å². The molecule has 1 fully saturated rings. The van der Waals surface area contributed by atoms with E-state index in [9.17, 15) is 23.1 Å². The van der Waals surface area contributed by atoms with E-state index in [-0.39, 0.29) is 36.6 Å². The van der Waals surface area contributed by atoms with Crippen LogP contribution in [0.1, 0.15) is 31.0 Å². The number of amides is 1. The minimum atomic E-state index is -4.61. The van der Waals surface area contributed by atoms with E-state index < -0.39 is 18.2 Å². The number of fused-ring (bicyclic) bond motifs is 1. The number of hydrogen-bond donors (Lipinski definition) is 1. The van der Waals surface area contributed by atoms with E-state index >= 15 is 0 Å². The highest BCUT2D eigenvalue weighted by Crippen LogP contribution is 2.38. The van der Waals surface area contributed by atoms with Crippen LogP contribution >= 0.6 is 0 Å². The Balaban J connectivity index is 1.41. The Kier molecular flexibility index (Phi) is 6.36. The van der Waals surface area contributed by atoms with Crippen LogP contribution in [-0.2, 0) is 17.4 Å². The number of ether oxygens (including phenoxy) is 1. The second kappa shape index (κ2) is 9.22. The summed E-state index contributed by atoms with van der Waals surface area (Å²) in [4.78, 5) is 23.1. The maximum atomic E-state index is 13.1. The molecule has 33 heavy (non-hydrogen) atoms. The number of rotatable bonds is 8. The number of aryl methyl sites for hydroxylation is 1. The van der Waals surface area contributed by atoms with Gasteiger partial charge in [-0.25, -0.2) is 4.98 Å². The second-order valence-electron chi connectivity index (χ2n) is 7.52. The molecule has 1 N–H and O–H groups in total. The maximum Gasteiger partial charge on any atom is 0.437 e. The summed E-state index contributed by atoms with van der Waals surface area (Å²) < 4.78 is 50.3. The predicted octanol–water partition coefficient (Wildman–Crippen LogP) is 2.98. The van der Waals surface area contributed by atoms with Crippen molar-refractivity contribution in [3.63, 3.8) is 0 Å². The molecule has 1 aliphatic heterocycles. The lowest BCUT2D eigenvalue weighted by atomic mass is 10.0. The zero-order valence-electron chi connectivity index (χ0n) is 17.7. The van der Waals surface area contributed by atoms with Crippen molar-refractivity contribution in [1.29, 1.82) is 0 Å². The van der Waals surface area contributed by atoms with Crippen molar-refractivity contribution < 1.29 is 32.3 Å². The molecule has 4 rings (SSSR count). The highest BCUT2D eigenvalue weighted by atomic mass is 19.4. The van der Waals surface area contributed by atoms with Gasteiger partial charge in [-0.15, -0.1) is 0 Å². The van der Waals surface area contributed by atoms with E-state index in [2.05, 4.69) is 15.1 Å². The van der Waals surface area contributed by atoms with Crippen molar-refractivity contribution in [2.24, 2.45) is 0 Å². The van der Waals surface area contributed by atoms with E-state index in [1.54, 1.807) is 0 Å². The summed E-state index contributed by atoms with van der Waals surface area (Å²) in [6.45, 7) is 2.28. The Morgan fingerprint density at radius 3 is 2.82 bits per heavy atom. The van der Waals surface area contributed by atoms with Crippen LogP contribution in [-0.4, -0.2) is 57.1 Å². The van der Waals surface area contributed by atoms with Crippen LogP contribution in [0.2, 0.25) is 0 Å². The van der Waals surface area contributed by atoms with Gasteiger partial charge in [0.15, 0.2) is 17.1 Å². The van der Waals surface area contributed by atoms with Crippen molar-refractivity contribution in [2.75, 3.05) is 24.6 Å². The molecule has 3 aromatic rings. The zero-order valence-corrected chi connectivity index (χ0v) is 17.7. The molecule has 3 heterocycles. The average Bonchev–Trinajstić information content (AvgIpc) is 3.35. The van der Waals surface area contributed by atoms with Crippen LogP contribution in [0, 0.1) is 0 Å². The Morgan fingerprint density at radius 2 is 2.12 bits per heavy atom. The van der Waals surface area contributed by atoms with Gasteiger partial charge in [0.25, 0.3) is 0 Å². The number of carbonyl (C=O) groups excluding carboxylic acids is 1. The summed E-state index contributed by atoms with van der Waals surface area (Å²) in [5.74, 6) is 0.534. The summed E-state index contributed by atoms with van der Waals surface area (Å²) in [7, 11) is 0. The van der Waals surface area contributed by atoms with Gasteiger partial charge in [0, 0.05) is 24.5 Å². The number of alkyl halides is 3. The van der Waals surface area contributed by atoms with Gasteiger partial charge in [0.05, 0.1) is 18.2 Å². The number of aromatic nitrogens is 3. The molecule has 1 atom stereocenters. The molecule has 12 heteroatoms. The van der Waals surface area contributed by atoms with E-state index in [1.165, 1.54) is 40.5 Å². The van der Waals surface area contributed by atoms with Crippen molar-refractivity contribution >= 4 is 22.7 Å². The van der Waals surface area contributed by atoms with Gasteiger partial charge >= 0.3 is 6.18 Å². The molecule has 0 saturated carbocycles. The average molecular weight is 465 g/mol. The molecule has 0 aliphatic carbocycles. The Labute approximate surface area is 186 Å². The normalized spacial score (nSPS) is 16.8. The number of hydrogen-bond acceptors (Lipinski definition) is 8. The molecule has 1 amide bonds. The largest absolute Gasteiger partial charge is 0.493 e. The van der Waals surface area contributed by atoms with Gasteiger partial charge in [0.1, 0.15) is 12.3 Å². The maximum absolute atomic E-state index is 13.1. The molecule has 1 aromatic carbocycles. The van der Waals surface area contributed by atoms with E-state index in [0.717, 1.165) is 0 Å². The van der Waals surface area contributed by atoms with Gasteiger partial charge in [0.2, 0.25) is 12.3 Å². The van der Waals surface area contributed by atoms with Crippen LogP contribution in [0.3, 0.4) is 0 Å². The lowest BCUT2D eigenvalue weighted by Gasteiger charge is -2.25. The van der Waals surface area contributed by atoms with Gasteiger partial charge in [-0.05, 0) is 25.0 Å². The SMILES string of the molecule is CCCc1c(OCCCN2C(=O)CN(c3cnccn3)C2O)ccc2c(C(F)(F)F)noc12. The molecule has 0 spiro atoms. The third-order valence-corrected chi connectivity index (χ3v) is 5.30. The molecule has 0 radical (unpaired) electrons. The van der Waals surface area contributed by atoms with E-state index in [0.29, 0.717) is 36.4 Å². The van der Waals surface area contributed by atoms with Gasteiger partial charge in [-0.1, -0.05) is 18.5 Å². The molecule has 1 unspecified atom stereocenters. The minimum Gasteiger partial charge on any atom is -0.493 e. The smallest absolute Gasteiger partial charge is 0.437 e. The first-order valence-electron chi connectivity index (χ1n) is 10.4. The lowest BCUT2D eigenvalue weighted by molar-refractivity contribution is -0.141. The zero-order chi connectivity index (χ0) is 23.6. The first kappa shape index (κ1) is 22.8. The Hall–Kier alpha value is -3.41. The first-order chi connectivity index (χ1) is 15.8. The number of carbonyl (C=O) groups is 1. The number of aliphatic hydroxyl groups is 1. The number of nitrogens with zero attached hydrogens (tertiary/aromatic N) is 5. The summed E-state index contributed by atoms with van der Waals surface area (Å²) in [5.41, 5.74) is -0.480. The molecule has 1 aliphatic rings. The molecular weight excluding hydrogens is 443 g/mol.